The van der Waals surface area contributed by atoms with E-state index in [0.29, 0.717) is 19.6 Å². The molecule has 2 bridgehead atoms. The van der Waals surface area contributed by atoms with E-state index in [9.17, 15) is 14.8 Å². The van der Waals surface area contributed by atoms with Crippen molar-refractivity contribution in [3.8, 4) is 0 Å². The number of piperidine rings is 1. The maximum absolute atomic E-state index is 12.8. The van der Waals surface area contributed by atoms with E-state index < -0.39 is 21.1 Å². The Hall–Kier alpha value is -1.65. The number of hydrogen-bond donors (Lipinski definition) is 3. The van der Waals surface area contributed by atoms with Crippen LogP contribution in [0.4, 0.5) is 5.69 Å². The molecule has 1 amide bonds. The van der Waals surface area contributed by atoms with Gasteiger partial charge in [0, 0.05) is 55.0 Å². The molecule has 0 aliphatic carbocycles. The lowest BCUT2D eigenvalue weighted by atomic mass is 9.83. The monoisotopic (exact) mass is 486 g/mol. The van der Waals surface area contributed by atoms with Crippen LogP contribution in [0.2, 0.25) is 0 Å². The van der Waals surface area contributed by atoms with Crippen molar-refractivity contribution in [2.75, 3.05) is 13.1 Å². The molecule has 2 aliphatic rings. The van der Waals surface area contributed by atoms with Crippen molar-refractivity contribution >= 4 is 46.4 Å². The van der Waals surface area contributed by atoms with Crippen molar-refractivity contribution in [3.05, 3.63) is 69.3 Å². The Labute approximate surface area is 193 Å². The molecule has 1 aromatic carbocycles. The number of quaternary nitrogens is 1. The summed E-state index contributed by atoms with van der Waals surface area (Å²) in [4.78, 5) is 27.0. The molecular weight excluding hydrogens is 467 g/mol. The molecule has 31 heavy (non-hydrogen) atoms. The minimum Gasteiger partial charge on any atom is -0.595 e. The van der Waals surface area contributed by atoms with Gasteiger partial charge >= 0.3 is 0 Å². The van der Waals surface area contributed by atoms with Crippen molar-refractivity contribution in [2.45, 2.75) is 28.8 Å². The minimum atomic E-state index is -1.79. The van der Waals surface area contributed by atoms with Crippen LogP contribution in [0.25, 0.3) is 0 Å². The zero-order valence-corrected chi connectivity index (χ0v) is 18.6. The van der Waals surface area contributed by atoms with Crippen molar-refractivity contribution < 1.29 is 15.2 Å². The van der Waals surface area contributed by atoms with Gasteiger partial charge in [0.25, 0.3) is 11.5 Å². The van der Waals surface area contributed by atoms with E-state index in [1.807, 2.05) is 15.5 Å². The highest BCUT2D eigenvalue weighted by atomic mass is 35.6. The van der Waals surface area contributed by atoms with E-state index in [0.717, 1.165) is 12.1 Å². The fourth-order valence-electron chi connectivity index (χ4n) is 4.50. The third kappa shape index (κ3) is 4.75. The maximum Gasteiger partial charge on any atom is 0.252 e. The quantitative estimate of drug-likeness (QED) is 0.451. The lowest BCUT2D eigenvalue weighted by Gasteiger charge is -2.47. The number of nitrogens with one attached hydrogen (secondary N) is 2. The normalized spacial score (nSPS) is 23.0. The highest BCUT2D eigenvalue weighted by Gasteiger charge is 2.44. The molecule has 4 rings (SSSR count). The van der Waals surface area contributed by atoms with Crippen LogP contribution in [0.3, 0.4) is 0 Å². The summed E-state index contributed by atoms with van der Waals surface area (Å²) in [6.07, 6.45) is 0.0355. The first-order chi connectivity index (χ1) is 14.6. The Kier molecular flexibility index (Phi) is 6.33. The number of aromatic nitrogens is 1. The fraction of sp³-hybridized carbons (Fsp3) is 0.400. The fourth-order valence-corrected chi connectivity index (χ4v) is 5.07. The van der Waals surface area contributed by atoms with Crippen molar-refractivity contribution in [1.29, 1.82) is 0 Å². The topological polar surface area (TPSA) is 102 Å². The zero-order valence-electron chi connectivity index (χ0n) is 16.3. The van der Waals surface area contributed by atoms with E-state index in [1.165, 1.54) is 24.3 Å². The molecule has 3 N–H and O–H groups in total. The molecule has 3 heterocycles. The van der Waals surface area contributed by atoms with Crippen LogP contribution < -0.4 is 16.1 Å². The number of fused-ring (bicyclic) bond motifs is 4. The largest absolute Gasteiger partial charge is 0.595 e. The van der Waals surface area contributed by atoms with Gasteiger partial charge in [-0.25, -0.2) is 5.21 Å². The summed E-state index contributed by atoms with van der Waals surface area (Å²) in [5, 5.41) is 21.8. The van der Waals surface area contributed by atoms with Crippen LogP contribution in [-0.4, -0.2) is 43.6 Å². The van der Waals surface area contributed by atoms with E-state index in [1.54, 1.807) is 12.1 Å². The van der Waals surface area contributed by atoms with Crippen LogP contribution >= 0.6 is 34.8 Å². The average molecular weight is 488 g/mol. The average Bonchev–Trinajstić information content (AvgIpc) is 2.71. The predicted octanol–water partition coefficient (Wildman–Crippen LogP) is 1.80. The van der Waals surface area contributed by atoms with Gasteiger partial charge in [-0.05, 0) is 30.5 Å². The number of amides is 1. The Balaban J connectivity index is 1.55. The predicted molar refractivity (Wildman–Crippen MR) is 117 cm³/mol. The van der Waals surface area contributed by atoms with Crippen LogP contribution in [-0.2, 0) is 6.54 Å². The number of carbonyl (C=O) groups is 1. The number of nitrogens with zero attached hydrogens (tertiary/aromatic N) is 2. The molecular formula is C20H21Cl3N4O4. The lowest BCUT2D eigenvalue weighted by Crippen LogP contribution is -2.99. The standard InChI is InChI=1S/C20H21Cl3N4O4/c21-20(22,23)19(24-18(29)13-4-6-15(7-5-13)27(30)31)25-9-12-8-14(11-25)16-2-1-3-17(28)26(16)10-12/h1-7,12,14,19,27,30H,8-11H2,(H,24,29). The number of carbonyl (C=O) groups excluding carboxylic acids is 1. The zero-order chi connectivity index (χ0) is 22.3. The second-order valence-corrected chi connectivity index (χ2v) is 10.3. The van der Waals surface area contributed by atoms with Gasteiger partial charge in [0.05, 0.1) is 0 Å². The summed E-state index contributed by atoms with van der Waals surface area (Å²) in [5.74, 6) is -0.198. The second kappa shape index (κ2) is 8.71. The highest BCUT2D eigenvalue weighted by Crippen LogP contribution is 2.40. The molecule has 0 saturated carbocycles. The highest BCUT2D eigenvalue weighted by molar-refractivity contribution is 6.68. The molecule has 166 valence electrons. The smallest absolute Gasteiger partial charge is 0.252 e. The summed E-state index contributed by atoms with van der Waals surface area (Å²) in [5.41, 5.74) is 1.27. The molecule has 8 nitrogen and oxygen atoms in total. The summed E-state index contributed by atoms with van der Waals surface area (Å²) in [6.45, 7) is 1.67. The molecule has 1 aromatic heterocycles. The molecule has 1 fully saturated rings. The minimum absolute atomic E-state index is 0.0170. The number of halogens is 3. The van der Waals surface area contributed by atoms with E-state index in [-0.39, 0.29) is 28.6 Å². The van der Waals surface area contributed by atoms with E-state index in [4.69, 9.17) is 40.0 Å². The van der Waals surface area contributed by atoms with Gasteiger partial charge in [-0.15, -0.1) is 0 Å². The first-order valence-electron chi connectivity index (χ1n) is 9.78. The van der Waals surface area contributed by atoms with Crippen LogP contribution in [0.15, 0.2) is 47.3 Å². The number of pyridine rings is 1. The summed E-state index contributed by atoms with van der Waals surface area (Å²) in [7, 11) is 0. The van der Waals surface area contributed by atoms with Gasteiger partial charge in [-0.2, -0.15) is 5.23 Å². The Bertz CT molecular complexity index is 1020. The number of hydrogen-bond acceptors (Lipinski definition) is 5. The Morgan fingerprint density at radius 3 is 2.52 bits per heavy atom. The molecule has 1 saturated heterocycles. The van der Waals surface area contributed by atoms with Crippen molar-refractivity contribution in [1.82, 2.24) is 14.8 Å². The SMILES string of the molecule is O=C(NC(N1CC2CC(C1)c1cccc(=O)n1C2)C(Cl)(Cl)Cl)c1ccc([NH+]([O-])O)cc1. The van der Waals surface area contributed by atoms with Crippen LogP contribution in [0.1, 0.15) is 28.4 Å². The van der Waals surface area contributed by atoms with Gasteiger partial charge < -0.3 is 15.1 Å². The van der Waals surface area contributed by atoms with Crippen molar-refractivity contribution in [3.63, 3.8) is 0 Å². The third-order valence-electron chi connectivity index (χ3n) is 5.85. The van der Waals surface area contributed by atoms with Crippen LogP contribution in [0, 0.1) is 11.1 Å². The van der Waals surface area contributed by atoms with Gasteiger partial charge in [-0.1, -0.05) is 40.9 Å². The molecule has 0 radical (unpaired) electrons. The molecule has 0 spiro atoms. The van der Waals surface area contributed by atoms with E-state index >= 15 is 0 Å². The summed E-state index contributed by atoms with van der Waals surface area (Å²) < 4.78 is 0.0156. The molecule has 2 aliphatic heterocycles. The molecule has 2 aromatic rings. The summed E-state index contributed by atoms with van der Waals surface area (Å²) in [6, 6.07) is 10.8. The molecule has 4 atom stereocenters. The Morgan fingerprint density at radius 2 is 1.87 bits per heavy atom. The summed E-state index contributed by atoms with van der Waals surface area (Å²) >= 11 is 18.8. The second-order valence-electron chi connectivity index (χ2n) is 7.95. The van der Waals surface area contributed by atoms with Gasteiger partial charge in [-0.3, -0.25) is 14.5 Å². The van der Waals surface area contributed by atoms with Crippen LogP contribution in [0.5, 0.6) is 0 Å². The van der Waals surface area contributed by atoms with Gasteiger partial charge in [0.1, 0.15) is 6.17 Å². The lowest BCUT2D eigenvalue weighted by molar-refractivity contribution is -0.991. The maximum atomic E-state index is 12.8. The number of likely N-dealkylation sites (tertiary alicyclic amines) is 1. The molecule has 11 heteroatoms. The third-order valence-corrected chi connectivity index (χ3v) is 6.47. The first-order valence-corrected chi connectivity index (χ1v) is 10.9. The Morgan fingerprint density at radius 1 is 1.16 bits per heavy atom. The van der Waals surface area contributed by atoms with Gasteiger partial charge in [0.15, 0.2) is 5.69 Å². The number of benzene rings is 1. The first kappa shape index (κ1) is 22.5. The van der Waals surface area contributed by atoms with Crippen molar-refractivity contribution in [2.24, 2.45) is 5.92 Å². The number of rotatable bonds is 4. The van der Waals surface area contributed by atoms with Gasteiger partial charge in [0.2, 0.25) is 3.79 Å². The number of alkyl halides is 3. The molecule has 4 unspecified atom stereocenters. The van der Waals surface area contributed by atoms with E-state index in [2.05, 4.69) is 5.32 Å².